The van der Waals surface area contributed by atoms with Crippen molar-refractivity contribution in [3.05, 3.63) is 132 Å². The van der Waals surface area contributed by atoms with E-state index in [2.05, 4.69) is 0 Å². The Balaban J connectivity index is 1.82. The van der Waals surface area contributed by atoms with Gasteiger partial charge in [-0.15, -0.1) is 0 Å². The molecule has 0 saturated heterocycles. The molecule has 1 unspecified atom stereocenters. The summed E-state index contributed by atoms with van der Waals surface area (Å²) in [6.45, 7) is 1.98. The molecule has 0 N–H and O–H groups in total. The molecule has 7 heteroatoms. The molecule has 2 heterocycles. The zero-order valence-electron chi connectivity index (χ0n) is 18.9. The van der Waals surface area contributed by atoms with Gasteiger partial charge in [0.05, 0.1) is 28.5 Å². The van der Waals surface area contributed by atoms with Crippen LogP contribution in [0.5, 0.6) is 0 Å². The van der Waals surface area contributed by atoms with Crippen LogP contribution in [0.25, 0.3) is 11.8 Å². The number of hydrogen-bond donors (Lipinski definition) is 0. The Morgan fingerprint density at radius 3 is 2.34 bits per heavy atom. The van der Waals surface area contributed by atoms with Crippen molar-refractivity contribution in [1.29, 1.82) is 0 Å². The van der Waals surface area contributed by atoms with Gasteiger partial charge < -0.3 is 4.74 Å². The minimum atomic E-state index is -0.672. The van der Waals surface area contributed by atoms with Gasteiger partial charge in [0.1, 0.15) is 0 Å². The maximum atomic E-state index is 13.7. The number of halogens is 1. The fraction of sp³-hybridized carbons (Fsp3) is 0.107. The van der Waals surface area contributed by atoms with Crippen LogP contribution in [0.4, 0.5) is 0 Å². The molecule has 174 valence electrons. The van der Waals surface area contributed by atoms with Crippen LogP contribution in [-0.4, -0.2) is 17.1 Å². The Labute approximate surface area is 210 Å². The molecule has 1 aliphatic rings. The first-order valence-electron chi connectivity index (χ1n) is 11.2. The largest absolute Gasteiger partial charge is 0.463 e. The third kappa shape index (κ3) is 4.50. The van der Waals surface area contributed by atoms with Crippen molar-refractivity contribution in [2.24, 2.45) is 4.99 Å². The summed E-state index contributed by atoms with van der Waals surface area (Å²) < 4.78 is 7.58. The van der Waals surface area contributed by atoms with Crippen LogP contribution in [0.2, 0.25) is 5.02 Å². The molecule has 35 heavy (non-hydrogen) atoms. The number of aromatic nitrogens is 1. The number of benzene rings is 3. The molecule has 0 amide bonds. The van der Waals surface area contributed by atoms with Crippen molar-refractivity contribution in [2.75, 3.05) is 6.61 Å². The zero-order valence-corrected chi connectivity index (χ0v) is 20.4. The van der Waals surface area contributed by atoms with Crippen LogP contribution in [0, 0.1) is 0 Å². The van der Waals surface area contributed by atoms with Gasteiger partial charge in [0.15, 0.2) is 4.80 Å². The Hall–Kier alpha value is -3.74. The lowest BCUT2D eigenvalue weighted by molar-refractivity contribution is -0.138. The molecule has 1 aromatic heterocycles. The minimum absolute atomic E-state index is 0.215. The second kappa shape index (κ2) is 9.86. The average molecular weight is 501 g/mol. The molecule has 0 aliphatic carbocycles. The normalized spacial score (nSPS) is 15.5. The molecule has 1 atom stereocenters. The van der Waals surface area contributed by atoms with Gasteiger partial charge in [-0.3, -0.25) is 9.36 Å². The van der Waals surface area contributed by atoms with E-state index in [-0.39, 0.29) is 12.2 Å². The van der Waals surface area contributed by atoms with E-state index in [4.69, 9.17) is 21.3 Å². The third-order valence-electron chi connectivity index (χ3n) is 5.66. The maximum Gasteiger partial charge on any atom is 0.338 e. The van der Waals surface area contributed by atoms with Gasteiger partial charge >= 0.3 is 5.97 Å². The number of rotatable bonds is 5. The lowest BCUT2D eigenvalue weighted by Gasteiger charge is -2.25. The van der Waals surface area contributed by atoms with Crippen LogP contribution in [0.15, 0.2) is 100 Å². The number of carbonyl (C=O) groups is 1. The number of thiazole rings is 1. The van der Waals surface area contributed by atoms with E-state index in [0.29, 0.717) is 25.6 Å². The summed E-state index contributed by atoms with van der Waals surface area (Å²) in [5, 5.41) is 0.624. The number of fused-ring (bicyclic) bond motifs is 1. The predicted octanol–water partition coefficient (Wildman–Crippen LogP) is 4.59. The lowest BCUT2D eigenvalue weighted by atomic mass is 9.93. The van der Waals surface area contributed by atoms with Crippen molar-refractivity contribution in [2.45, 2.75) is 13.0 Å². The summed E-state index contributed by atoms with van der Waals surface area (Å²) >= 11 is 7.31. The van der Waals surface area contributed by atoms with Gasteiger partial charge in [0.2, 0.25) is 0 Å². The monoisotopic (exact) mass is 500 g/mol. The van der Waals surface area contributed by atoms with Crippen molar-refractivity contribution in [1.82, 2.24) is 4.57 Å². The first kappa shape index (κ1) is 23.0. The fourth-order valence-electron chi connectivity index (χ4n) is 4.10. The molecule has 5 rings (SSSR count). The van der Waals surface area contributed by atoms with Crippen LogP contribution < -0.4 is 14.9 Å². The first-order chi connectivity index (χ1) is 17.1. The van der Waals surface area contributed by atoms with Crippen LogP contribution in [-0.2, 0) is 9.53 Å². The number of carbonyl (C=O) groups excluding carboxylic acids is 1. The summed E-state index contributed by atoms with van der Waals surface area (Å²) in [6.07, 6.45) is 1.82. The second-order valence-electron chi connectivity index (χ2n) is 7.89. The third-order valence-corrected chi connectivity index (χ3v) is 6.89. The summed E-state index contributed by atoms with van der Waals surface area (Å²) in [7, 11) is 0. The Bertz CT molecular complexity index is 1590. The van der Waals surface area contributed by atoms with E-state index < -0.39 is 12.0 Å². The molecule has 5 nitrogen and oxygen atoms in total. The van der Waals surface area contributed by atoms with Crippen LogP contribution in [0.3, 0.4) is 0 Å². The highest BCUT2D eigenvalue weighted by molar-refractivity contribution is 7.07. The molecule has 0 radical (unpaired) electrons. The summed E-state index contributed by atoms with van der Waals surface area (Å²) in [6, 6.07) is 25.6. The SMILES string of the molecule is CCOC(=O)C1=C(c2ccccc2)N=c2s/c(=C\c3ccc(Cl)cc3)c(=O)n2C1c1ccccc1. The maximum absolute atomic E-state index is 13.7. The number of nitrogens with zero attached hydrogens (tertiary/aromatic N) is 2. The van der Waals surface area contributed by atoms with Crippen molar-refractivity contribution in [3.8, 4) is 0 Å². The molecular weight excluding hydrogens is 480 g/mol. The number of esters is 1. The molecule has 0 fully saturated rings. The standard InChI is InChI=1S/C28H21ClN2O3S/c1-2-34-27(33)23-24(19-9-5-3-6-10-19)30-28-31(25(23)20-11-7-4-8-12-20)26(32)22(35-28)17-18-13-15-21(29)16-14-18/h3-17,25H,2H2,1H3/b22-17-. The molecule has 4 aromatic rings. The minimum Gasteiger partial charge on any atom is -0.463 e. The van der Waals surface area contributed by atoms with Crippen molar-refractivity contribution >= 4 is 40.7 Å². The quantitative estimate of drug-likeness (QED) is 0.377. The average Bonchev–Trinajstić information content (AvgIpc) is 3.20. The van der Waals surface area contributed by atoms with E-state index in [1.54, 1.807) is 23.6 Å². The van der Waals surface area contributed by atoms with Crippen LogP contribution in [0.1, 0.15) is 29.7 Å². The molecule has 0 spiro atoms. The van der Waals surface area contributed by atoms with E-state index in [1.807, 2.05) is 78.9 Å². The molecule has 0 bridgehead atoms. The van der Waals surface area contributed by atoms with Gasteiger partial charge in [0, 0.05) is 10.6 Å². The second-order valence-corrected chi connectivity index (χ2v) is 9.34. The van der Waals surface area contributed by atoms with Crippen molar-refractivity contribution < 1.29 is 9.53 Å². The topological polar surface area (TPSA) is 60.7 Å². The smallest absolute Gasteiger partial charge is 0.338 e. The number of ether oxygens (including phenoxy) is 1. The zero-order chi connectivity index (χ0) is 24.4. The predicted molar refractivity (Wildman–Crippen MR) is 139 cm³/mol. The molecule has 1 aliphatic heterocycles. The summed E-state index contributed by atoms with van der Waals surface area (Å²) in [5.74, 6) is -0.490. The van der Waals surface area contributed by atoms with Crippen molar-refractivity contribution in [3.63, 3.8) is 0 Å². The van der Waals surface area contributed by atoms with E-state index in [1.165, 1.54) is 11.3 Å². The van der Waals surface area contributed by atoms with Crippen LogP contribution >= 0.6 is 22.9 Å². The Morgan fingerprint density at radius 1 is 1.03 bits per heavy atom. The first-order valence-corrected chi connectivity index (χ1v) is 12.3. The summed E-state index contributed by atoms with van der Waals surface area (Å²) in [5.41, 5.74) is 3.08. The van der Waals surface area contributed by atoms with Gasteiger partial charge in [-0.05, 0) is 36.3 Å². The fourth-order valence-corrected chi connectivity index (χ4v) is 5.23. The highest BCUT2D eigenvalue weighted by Crippen LogP contribution is 2.35. The van der Waals surface area contributed by atoms with E-state index in [0.717, 1.165) is 16.7 Å². The molecule has 3 aromatic carbocycles. The highest BCUT2D eigenvalue weighted by atomic mass is 35.5. The number of hydrogen-bond acceptors (Lipinski definition) is 5. The molecule has 0 saturated carbocycles. The van der Waals surface area contributed by atoms with Gasteiger partial charge in [-0.1, -0.05) is 95.7 Å². The molecular formula is C28H21ClN2O3S. The highest BCUT2D eigenvalue weighted by Gasteiger charge is 2.35. The Morgan fingerprint density at radius 2 is 1.69 bits per heavy atom. The van der Waals surface area contributed by atoms with E-state index in [9.17, 15) is 9.59 Å². The van der Waals surface area contributed by atoms with Gasteiger partial charge in [0.25, 0.3) is 5.56 Å². The summed E-state index contributed by atoms with van der Waals surface area (Å²) in [4.78, 5) is 32.4. The van der Waals surface area contributed by atoms with E-state index >= 15 is 0 Å². The van der Waals surface area contributed by atoms with Gasteiger partial charge in [-0.25, -0.2) is 9.79 Å². The Kier molecular flexibility index (Phi) is 6.49. The van der Waals surface area contributed by atoms with Gasteiger partial charge in [-0.2, -0.15) is 0 Å². The lowest BCUT2D eigenvalue weighted by Crippen LogP contribution is -2.39.